The summed E-state index contributed by atoms with van der Waals surface area (Å²) in [5, 5.41) is 10.2. The highest BCUT2D eigenvalue weighted by Gasteiger charge is 2.26. The minimum atomic E-state index is -0.738. The molecule has 0 radical (unpaired) electrons. The van der Waals surface area contributed by atoms with Gasteiger partial charge >= 0.3 is 0 Å². The zero-order chi connectivity index (χ0) is 18.7. The number of primary amides is 1. The van der Waals surface area contributed by atoms with Gasteiger partial charge in [0.2, 0.25) is 0 Å². The minimum absolute atomic E-state index is 0.00733. The number of pyridine rings is 1. The molecule has 2 atom stereocenters. The van der Waals surface area contributed by atoms with E-state index in [1.807, 2.05) is 20.0 Å². The van der Waals surface area contributed by atoms with Crippen molar-refractivity contribution >= 4 is 34.1 Å². The van der Waals surface area contributed by atoms with Gasteiger partial charge in [0.1, 0.15) is 10.8 Å². The van der Waals surface area contributed by atoms with Crippen LogP contribution in [0.4, 0.5) is 21.0 Å². The van der Waals surface area contributed by atoms with E-state index >= 15 is 0 Å². The monoisotopic (exact) mass is 378 g/mol. The maximum absolute atomic E-state index is 14.5. The number of halogens is 1. The molecule has 3 rings (SSSR count). The fraction of sp³-hybridized carbons (Fsp3) is 0.471. The van der Waals surface area contributed by atoms with Crippen molar-refractivity contribution in [2.75, 3.05) is 17.7 Å². The van der Waals surface area contributed by atoms with Crippen LogP contribution in [-0.4, -0.2) is 34.4 Å². The molecule has 1 amide bonds. The second kappa shape index (κ2) is 7.96. The molecule has 0 unspecified atom stereocenters. The van der Waals surface area contributed by atoms with E-state index in [9.17, 15) is 9.18 Å². The molecule has 140 valence electrons. The van der Waals surface area contributed by atoms with Crippen LogP contribution in [0, 0.1) is 12.7 Å². The molecule has 2 aromatic rings. The Morgan fingerprint density at radius 2 is 2.00 bits per heavy atom. The molecule has 5 N–H and O–H groups in total. The van der Waals surface area contributed by atoms with Gasteiger partial charge in [0.15, 0.2) is 11.6 Å². The van der Waals surface area contributed by atoms with E-state index < -0.39 is 11.7 Å². The summed E-state index contributed by atoms with van der Waals surface area (Å²) in [6.45, 7) is 1.86. The van der Waals surface area contributed by atoms with Gasteiger partial charge in [-0.3, -0.25) is 4.79 Å². The van der Waals surface area contributed by atoms with Gasteiger partial charge in [-0.2, -0.15) is 4.37 Å². The van der Waals surface area contributed by atoms with E-state index in [1.165, 1.54) is 11.5 Å². The molecule has 1 fully saturated rings. The van der Waals surface area contributed by atoms with Gasteiger partial charge in [0.25, 0.3) is 5.91 Å². The highest BCUT2D eigenvalue weighted by molar-refractivity contribution is 7.10. The van der Waals surface area contributed by atoms with E-state index in [-0.39, 0.29) is 29.3 Å². The average molecular weight is 378 g/mol. The van der Waals surface area contributed by atoms with Gasteiger partial charge in [0.05, 0.1) is 11.3 Å². The number of rotatable bonds is 6. The number of aromatic nitrogens is 2. The van der Waals surface area contributed by atoms with Crippen molar-refractivity contribution < 1.29 is 9.18 Å². The summed E-state index contributed by atoms with van der Waals surface area (Å²) in [4.78, 5) is 16.0. The molecule has 2 heterocycles. The van der Waals surface area contributed by atoms with Crippen LogP contribution in [0.3, 0.4) is 0 Å². The molecule has 1 saturated carbocycles. The first-order chi connectivity index (χ1) is 12.5. The van der Waals surface area contributed by atoms with Gasteiger partial charge < -0.3 is 21.7 Å². The number of nitrogens with zero attached hydrogens (tertiary/aromatic N) is 2. The third-order valence-electron chi connectivity index (χ3n) is 4.57. The van der Waals surface area contributed by atoms with Crippen molar-refractivity contribution in [1.82, 2.24) is 14.7 Å². The normalized spacial score (nSPS) is 20.0. The van der Waals surface area contributed by atoms with Crippen LogP contribution >= 0.6 is 11.5 Å². The Hall–Kier alpha value is -2.26. The Bertz CT molecular complexity index is 796. The van der Waals surface area contributed by atoms with Gasteiger partial charge in [-0.25, -0.2) is 9.37 Å². The molecule has 0 aromatic carbocycles. The lowest BCUT2D eigenvalue weighted by Crippen LogP contribution is -2.45. The first-order valence-electron chi connectivity index (χ1n) is 8.62. The molecular formula is C17H23FN6OS. The molecular weight excluding hydrogens is 355 g/mol. The van der Waals surface area contributed by atoms with Crippen molar-refractivity contribution in [3.05, 3.63) is 29.2 Å². The van der Waals surface area contributed by atoms with Crippen LogP contribution in [0.1, 0.15) is 41.7 Å². The highest BCUT2D eigenvalue weighted by Crippen LogP contribution is 2.28. The summed E-state index contributed by atoms with van der Waals surface area (Å²) in [5.41, 5.74) is 6.24. The maximum Gasteiger partial charge on any atom is 0.252 e. The number of aryl methyl sites for hydroxylation is 1. The van der Waals surface area contributed by atoms with Crippen LogP contribution < -0.4 is 21.7 Å². The number of nitrogens with two attached hydrogens (primary N) is 1. The molecule has 1 aliphatic carbocycles. The molecule has 0 bridgehead atoms. The van der Waals surface area contributed by atoms with Gasteiger partial charge in [-0.05, 0) is 50.5 Å². The third-order valence-corrected chi connectivity index (χ3v) is 5.37. The molecule has 7 nitrogen and oxygen atoms in total. The molecule has 0 aliphatic heterocycles. The van der Waals surface area contributed by atoms with E-state index in [0.29, 0.717) is 5.00 Å². The Morgan fingerprint density at radius 1 is 1.27 bits per heavy atom. The fourth-order valence-electron chi connectivity index (χ4n) is 3.24. The zero-order valence-corrected chi connectivity index (χ0v) is 15.6. The van der Waals surface area contributed by atoms with Crippen LogP contribution in [-0.2, 0) is 0 Å². The highest BCUT2D eigenvalue weighted by atomic mass is 32.1. The zero-order valence-electron chi connectivity index (χ0n) is 14.8. The molecule has 0 spiro atoms. The largest absolute Gasteiger partial charge is 0.365 e. The number of nitrogens with one attached hydrogen (secondary N) is 3. The predicted molar refractivity (Wildman–Crippen MR) is 102 cm³/mol. The van der Waals surface area contributed by atoms with E-state index in [4.69, 9.17) is 5.73 Å². The summed E-state index contributed by atoms with van der Waals surface area (Å²) in [6, 6.07) is 3.28. The van der Waals surface area contributed by atoms with Crippen molar-refractivity contribution in [3.8, 4) is 0 Å². The van der Waals surface area contributed by atoms with Gasteiger partial charge in [-0.15, -0.1) is 0 Å². The summed E-state index contributed by atoms with van der Waals surface area (Å²) < 4.78 is 18.7. The minimum Gasteiger partial charge on any atom is -0.365 e. The summed E-state index contributed by atoms with van der Waals surface area (Å²) >= 11 is 1.24. The Labute approximate surface area is 155 Å². The number of carbonyl (C=O) groups is 1. The second-order valence-electron chi connectivity index (χ2n) is 6.47. The summed E-state index contributed by atoms with van der Waals surface area (Å²) in [5.74, 6) is -0.990. The number of likely N-dealkylation sites (N-methyl/N-ethyl adjacent to an activating group) is 1. The fourth-order valence-corrected chi connectivity index (χ4v) is 3.90. The first-order valence-corrected chi connectivity index (χ1v) is 9.39. The lowest BCUT2D eigenvalue weighted by Gasteiger charge is -2.32. The van der Waals surface area contributed by atoms with Gasteiger partial charge in [-0.1, -0.05) is 12.8 Å². The van der Waals surface area contributed by atoms with Crippen molar-refractivity contribution in [3.63, 3.8) is 0 Å². The lowest BCUT2D eigenvalue weighted by molar-refractivity contribution is 0.100. The standard InChI is InChI=1S/C17H23FN6OS/c1-9-7-14(26-24-9)22-16-10(15(19)25)8-11(18)17(23-16)21-13-6-4-3-5-12(13)20-2/h7-8,12-13,20H,3-6H2,1-2H3,(H2,19,25)(H2,21,22,23)/t12-,13+/m0/s1. The van der Waals surface area contributed by atoms with Crippen LogP contribution in [0.2, 0.25) is 0 Å². The number of anilines is 3. The SMILES string of the molecule is CN[C@H]1CCCC[C@H]1Nc1nc(Nc2cc(C)ns2)c(C(N)=O)cc1F. The van der Waals surface area contributed by atoms with Crippen molar-refractivity contribution in [1.29, 1.82) is 0 Å². The van der Waals surface area contributed by atoms with E-state index in [0.717, 1.165) is 37.4 Å². The number of carbonyl (C=O) groups excluding carboxylic acids is 1. The smallest absolute Gasteiger partial charge is 0.252 e. The Kier molecular flexibility index (Phi) is 5.67. The average Bonchev–Trinajstić information content (AvgIpc) is 3.02. The van der Waals surface area contributed by atoms with Crippen LogP contribution in [0.5, 0.6) is 0 Å². The Morgan fingerprint density at radius 3 is 2.62 bits per heavy atom. The molecule has 0 saturated heterocycles. The van der Waals surface area contributed by atoms with Crippen LogP contribution in [0.15, 0.2) is 12.1 Å². The van der Waals surface area contributed by atoms with E-state index in [2.05, 4.69) is 25.3 Å². The van der Waals surface area contributed by atoms with Crippen LogP contribution in [0.25, 0.3) is 0 Å². The van der Waals surface area contributed by atoms with Gasteiger partial charge in [0, 0.05) is 12.1 Å². The topological polar surface area (TPSA) is 105 Å². The Balaban J connectivity index is 1.90. The summed E-state index contributed by atoms with van der Waals surface area (Å²) in [6.07, 6.45) is 4.20. The third kappa shape index (κ3) is 4.10. The molecule has 1 aliphatic rings. The lowest BCUT2D eigenvalue weighted by atomic mass is 9.90. The first kappa shape index (κ1) is 18.5. The van der Waals surface area contributed by atoms with Crippen molar-refractivity contribution in [2.45, 2.75) is 44.7 Å². The molecule has 26 heavy (non-hydrogen) atoms. The number of hydrogen-bond acceptors (Lipinski definition) is 7. The number of hydrogen-bond donors (Lipinski definition) is 4. The van der Waals surface area contributed by atoms with E-state index in [1.54, 1.807) is 0 Å². The number of amides is 1. The molecule has 9 heteroatoms. The quantitative estimate of drug-likeness (QED) is 0.616. The maximum atomic E-state index is 14.5. The predicted octanol–water partition coefficient (Wildman–Crippen LogP) is 2.77. The van der Waals surface area contributed by atoms with Crippen molar-refractivity contribution in [2.24, 2.45) is 5.73 Å². The summed E-state index contributed by atoms with van der Waals surface area (Å²) in [7, 11) is 1.91. The molecule has 2 aromatic heterocycles. The second-order valence-corrected chi connectivity index (χ2v) is 7.27.